The van der Waals surface area contributed by atoms with Gasteiger partial charge in [0.2, 0.25) is 0 Å². The molecule has 0 aliphatic carbocycles. The summed E-state index contributed by atoms with van der Waals surface area (Å²) in [6.45, 7) is 4.94. The third-order valence-electron chi connectivity index (χ3n) is 20.6. The topological polar surface area (TPSA) is 108 Å². The van der Waals surface area contributed by atoms with Crippen molar-refractivity contribution in [2.75, 3.05) is 47.5 Å². The maximum Gasteiger partial charge on any atom is 0.361 e. The molecule has 0 heterocycles. The van der Waals surface area contributed by atoms with Gasteiger partial charge in [0.1, 0.15) is 13.2 Å². The molecule has 0 rings (SSSR count). The van der Waals surface area contributed by atoms with Gasteiger partial charge in [0, 0.05) is 12.8 Å². The average molecular weight is 1420 g/mol. The second-order valence-electron chi connectivity index (χ2n) is 31.9. The van der Waals surface area contributed by atoms with Gasteiger partial charge >= 0.3 is 17.9 Å². The molecular formula is C92H174NO8+. The van der Waals surface area contributed by atoms with Crippen LogP contribution in [0, 0.1) is 0 Å². The van der Waals surface area contributed by atoms with Gasteiger partial charge in [-0.3, -0.25) is 9.59 Å². The van der Waals surface area contributed by atoms with E-state index in [2.05, 4.69) is 62.5 Å². The average Bonchev–Trinajstić information content (AvgIpc) is 1.21. The Morgan fingerprint density at radius 3 is 0.782 bits per heavy atom. The van der Waals surface area contributed by atoms with Crippen molar-refractivity contribution in [3.63, 3.8) is 0 Å². The van der Waals surface area contributed by atoms with Crippen molar-refractivity contribution in [3.8, 4) is 0 Å². The van der Waals surface area contributed by atoms with Crippen molar-refractivity contribution in [2.45, 2.75) is 476 Å². The number of rotatable bonds is 85. The summed E-state index contributed by atoms with van der Waals surface area (Å²) in [4.78, 5) is 37.8. The number of quaternary nitrogens is 1. The highest BCUT2D eigenvalue weighted by Gasteiger charge is 2.25. The molecule has 2 atom stereocenters. The minimum absolute atomic E-state index is 0.175. The summed E-state index contributed by atoms with van der Waals surface area (Å²) < 4.78 is 23.1. The summed E-state index contributed by atoms with van der Waals surface area (Å²) in [5.41, 5.74) is 0. The van der Waals surface area contributed by atoms with E-state index in [0.717, 1.165) is 51.4 Å². The fourth-order valence-electron chi connectivity index (χ4n) is 13.7. The first kappa shape index (κ1) is 98.2. The van der Waals surface area contributed by atoms with Crippen molar-refractivity contribution in [3.05, 3.63) is 48.6 Å². The summed E-state index contributed by atoms with van der Waals surface area (Å²) >= 11 is 0. The maximum absolute atomic E-state index is 13.0. The van der Waals surface area contributed by atoms with Gasteiger partial charge in [0.25, 0.3) is 6.29 Å². The summed E-state index contributed by atoms with van der Waals surface area (Å²) in [7, 11) is 6.01. The Morgan fingerprint density at radius 2 is 0.535 bits per heavy atom. The minimum Gasteiger partial charge on any atom is -0.477 e. The largest absolute Gasteiger partial charge is 0.477 e. The second kappa shape index (κ2) is 82.9. The van der Waals surface area contributed by atoms with E-state index in [4.69, 9.17) is 18.9 Å². The molecule has 0 aromatic carbocycles. The molecule has 9 nitrogen and oxygen atoms in total. The van der Waals surface area contributed by atoms with Crippen LogP contribution in [0.1, 0.15) is 463 Å². The van der Waals surface area contributed by atoms with Crippen LogP contribution in [0.5, 0.6) is 0 Å². The Bertz CT molecular complexity index is 1800. The van der Waals surface area contributed by atoms with Crippen molar-refractivity contribution in [1.82, 2.24) is 0 Å². The first-order chi connectivity index (χ1) is 49.6. The number of carboxylic acids is 1. The molecule has 0 aliphatic heterocycles. The van der Waals surface area contributed by atoms with Crippen LogP contribution in [-0.4, -0.2) is 87.4 Å². The van der Waals surface area contributed by atoms with Gasteiger partial charge in [0.05, 0.1) is 34.4 Å². The molecule has 0 aromatic heterocycles. The molecule has 594 valence electrons. The summed E-state index contributed by atoms with van der Waals surface area (Å²) in [6, 6.07) is 0. The lowest BCUT2D eigenvalue weighted by atomic mass is 10.0. The molecule has 0 amide bonds. The molecule has 0 saturated heterocycles. The smallest absolute Gasteiger partial charge is 0.361 e. The highest BCUT2D eigenvalue weighted by atomic mass is 16.7. The molecule has 0 aromatic rings. The number of hydrogen-bond acceptors (Lipinski definition) is 7. The molecule has 101 heavy (non-hydrogen) atoms. The monoisotopic (exact) mass is 1420 g/mol. The molecule has 2 unspecified atom stereocenters. The van der Waals surface area contributed by atoms with Crippen LogP contribution in [0.25, 0.3) is 0 Å². The van der Waals surface area contributed by atoms with E-state index in [-0.39, 0.29) is 38.2 Å². The SMILES string of the molecule is CCCCCCC/C=C\C/C=C\CCCCCCCCCCCCCCCCCCCCCCCCCCCCCCCC(=O)OC(COC(=O)CCCCCCCCCCCCCCCCCCCCCCCCC/C=C\C/C=C\CCCCCCC)COC(OCC[N+](C)(C)C)C(=O)O. The first-order valence-electron chi connectivity index (χ1n) is 44.8. The Balaban J connectivity index is 3.89. The summed E-state index contributed by atoms with van der Waals surface area (Å²) in [5, 5.41) is 9.79. The highest BCUT2D eigenvalue weighted by molar-refractivity contribution is 5.71. The van der Waals surface area contributed by atoms with Crippen LogP contribution in [0.4, 0.5) is 0 Å². The van der Waals surface area contributed by atoms with Crippen LogP contribution >= 0.6 is 0 Å². The molecule has 0 bridgehead atoms. The van der Waals surface area contributed by atoms with Crippen molar-refractivity contribution >= 4 is 17.9 Å². The van der Waals surface area contributed by atoms with Gasteiger partial charge in [-0.05, 0) is 77.0 Å². The fraction of sp³-hybridized carbons (Fsp3) is 0.880. The number of hydrogen-bond donors (Lipinski definition) is 1. The lowest BCUT2D eigenvalue weighted by Gasteiger charge is -2.25. The van der Waals surface area contributed by atoms with E-state index in [0.29, 0.717) is 17.4 Å². The van der Waals surface area contributed by atoms with Gasteiger partial charge in [-0.15, -0.1) is 0 Å². The number of carbonyl (C=O) groups is 3. The minimum atomic E-state index is -1.51. The number of unbranched alkanes of at least 4 members (excludes halogenated alkanes) is 62. The normalized spacial score (nSPS) is 12.8. The number of allylic oxidation sites excluding steroid dienone is 8. The molecule has 1 N–H and O–H groups in total. The predicted molar refractivity (Wildman–Crippen MR) is 438 cm³/mol. The van der Waals surface area contributed by atoms with E-state index in [1.165, 1.54) is 385 Å². The van der Waals surface area contributed by atoms with Crippen LogP contribution in [-0.2, 0) is 33.3 Å². The Kier molecular flexibility index (Phi) is 80.6. The van der Waals surface area contributed by atoms with Crippen LogP contribution in [0.15, 0.2) is 48.6 Å². The third kappa shape index (κ3) is 84.4. The standard InChI is InChI=1S/C92H173NO8/c1-6-8-10-12-14-16-18-20-22-24-26-28-30-32-34-36-38-40-42-43-44-45-46-47-49-51-53-55-57-59-61-63-65-67-69-71-73-75-77-79-81-83-90(95)101-88(87-100-92(91(96)97)98-85-84-93(3,4)5)86-99-89(94)82-80-78-76-74-72-70-68-66-64-62-60-58-56-54-52-50-48-41-39-37-35-33-31-29-27-25-23-21-19-17-15-13-11-9-7-2/h18-21,24-27,88,92H,6-17,22-23,28-87H2,1-5H3/p+1/b20-18-,21-19-,26-24-,27-25-. The van der Waals surface area contributed by atoms with Gasteiger partial charge in [0.15, 0.2) is 6.10 Å². The van der Waals surface area contributed by atoms with Crippen LogP contribution in [0.2, 0.25) is 0 Å². The number of carbonyl (C=O) groups excluding carboxylic acids is 2. The maximum atomic E-state index is 13.0. The fourth-order valence-corrected chi connectivity index (χ4v) is 13.7. The van der Waals surface area contributed by atoms with Crippen LogP contribution < -0.4 is 0 Å². The number of aliphatic carboxylic acids is 1. The predicted octanol–water partition coefficient (Wildman–Crippen LogP) is 29.2. The van der Waals surface area contributed by atoms with E-state index in [9.17, 15) is 19.5 Å². The Labute approximate surface area is 629 Å². The summed E-state index contributed by atoms with van der Waals surface area (Å²) in [5.74, 6) is -1.97. The number of carboxylic acid groups (broad SMARTS) is 1. The molecule has 0 radical (unpaired) electrons. The van der Waals surface area contributed by atoms with E-state index >= 15 is 0 Å². The summed E-state index contributed by atoms with van der Waals surface area (Å²) in [6.07, 6.45) is 107. The van der Waals surface area contributed by atoms with Crippen molar-refractivity contribution < 1.29 is 42.9 Å². The van der Waals surface area contributed by atoms with E-state index < -0.39 is 18.4 Å². The van der Waals surface area contributed by atoms with E-state index in [1.807, 2.05) is 21.1 Å². The Hall–Kier alpha value is -2.75. The zero-order valence-electron chi connectivity index (χ0n) is 68.4. The first-order valence-corrected chi connectivity index (χ1v) is 44.8. The lowest BCUT2D eigenvalue weighted by Crippen LogP contribution is -2.40. The van der Waals surface area contributed by atoms with Gasteiger partial charge < -0.3 is 28.5 Å². The molecule has 0 saturated carbocycles. The molecular weight excluding hydrogens is 1250 g/mol. The lowest BCUT2D eigenvalue weighted by molar-refractivity contribution is -0.870. The van der Waals surface area contributed by atoms with Gasteiger partial charge in [-0.25, -0.2) is 4.79 Å². The second-order valence-corrected chi connectivity index (χ2v) is 31.9. The Morgan fingerprint density at radius 1 is 0.297 bits per heavy atom. The molecule has 0 fully saturated rings. The van der Waals surface area contributed by atoms with E-state index in [1.54, 1.807) is 0 Å². The zero-order chi connectivity index (χ0) is 73.2. The quantitative estimate of drug-likeness (QED) is 0.0211. The van der Waals surface area contributed by atoms with Gasteiger partial charge in [-0.1, -0.05) is 422 Å². The number of ether oxygens (including phenoxy) is 4. The zero-order valence-corrected chi connectivity index (χ0v) is 68.4. The van der Waals surface area contributed by atoms with Crippen LogP contribution in [0.3, 0.4) is 0 Å². The van der Waals surface area contributed by atoms with Crippen molar-refractivity contribution in [2.24, 2.45) is 0 Å². The molecule has 0 aliphatic rings. The third-order valence-corrected chi connectivity index (χ3v) is 20.6. The number of esters is 2. The molecule has 0 spiro atoms. The molecule has 9 heteroatoms. The highest BCUT2D eigenvalue weighted by Crippen LogP contribution is 2.21. The van der Waals surface area contributed by atoms with Gasteiger partial charge in [-0.2, -0.15) is 0 Å². The number of likely N-dealkylation sites (N-methyl/N-ethyl adjacent to an activating group) is 1. The number of nitrogens with zero attached hydrogens (tertiary/aromatic N) is 1. The van der Waals surface area contributed by atoms with Crippen molar-refractivity contribution in [1.29, 1.82) is 0 Å².